The van der Waals surface area contributed by atoms with Gasteiger partial charge in [-0.25, -0.2) is 0 Å². The summed E-state index contributed by atoms with van der Waals surface area (Å²) in [7, 11) is 0. The molecule has 66 valence electrons. The van der Waals surface area contributed by atoms with Crippen molar-refractivity contribution in [1.29, 1.82) is 0 Å². The molecule has 0 saturated carbocycles. The first-order valence-electron chi connectivity index (χ1n) is 3.90. The zero-order valence-electron chi connectivity index (χ0n) is 7.37. The average Bonchev–Trinajstić information content (AvgIpc) is 2.00. The lowest BCUT2D eigenvalue weighted by molar-refractivity contribution is -0.124. The van der Waals surface area contributed by atoms with Gasteiger partial charge in [-0.2, -0.15) is 0 Å². The Kier molecular flexibility index (Phi) is 4.30. The van der Waals surface area contributed by atoms with Gasteiger partial charge in [-0.3, -0.25) is 4.79 Å². The maximum absolute atomic E-state index is 11.2. The Morgan fingerprint density at radius 2 is 1.91 bits per heavy atom. The van der Waals surface area contributed by atoms with Crippen molar-refractivity contribution >= 4 is 5.78 Å². The van der Waals surface area contributed by atoms with E-state index in [1.54, 1.807) is 6.92 Å². The summed E-state index contributed by atoms with van der Waals surface area (Å²) in [5.41, 5.74) is 5.56. The Hall–Kier alpha value is -0.410. The van der Waals surface area contributed by atoms with Gasteiger partial charge in [0.05, 0.1) is 6.04 Å². The molecule has 0 radical (unpaired) electrons. The minimum atomic E-state index is -0.514. The topological polar surface area (TPSA) is 63.3 Å². The monoisotopic (exact) mass is 159 g/mol. The first kappa shape index (κ1) is 10.6. The van der Waals surface area contributed by atoms with E-state index in [9.17, 15) is 4.79 Å². The lowest BCUT2D eigenvalue weighted by atomic mass is 9.93. The molecule has 11 heavy (non-hydrogen) atoms. The van der Waals surface area contributed by atoms with Gasteiger partial charge in [0, 0.05) is 18.4 Å². The van der Waals surface area contributed by atoms with Crippen LogP contribution in [0, 0.1) is 11.8 Å². The van der Waals surface area contributed by atoms with Crippen molar-refractivity contribution in [3.05, 3.63) is 0 Å². The van der Waals surface area contributed by atoms with E-state index in [1.165, 1.54) is 0 Å². The molecule has 2 unspecified atom stereocenters. The summed E-state index contributed by atoms with van der Waals surface area (Å²) < 4.78 is 0. The highest BCUT2D eigenvalue weighted by molar-refractivity contribution is 5.85. The second kappa shape index (κ2) is 4.46. The third-order valence-corrected chi connectivity index (χ3v) is 1.80. The maximum atomic E-state index is 11.2. The number of Topliss-reactive ketones (excluding diaryl/α,β-unsaturated/α-hetero) is 1. The van der Waals surface area contributed by atoms with Crippen molar-refractivity contribution in [1.82, 2.24) is 0 Å². The largest absolute Gasteiger partial charge is 0.396 e. The van der Waals surface area contributed by atoms with E-state index in [-0.39, 0.29) is 24.2 Å². The Balaban J connectivity index is 4.02. The van der Waals surface area contributed by atoms with Gasteiger partial charge >= 0.3 is 0 Å². The van der Waals surface area contributed by atoms with Gasteiger partial charge in [-0.15, -0.1) is 0 Å². The molecule has 0 aromatic heterocycles. The maximum Gasteiger partial charge on any atom is 0.152 e. The predicted octanol–water partition coefficient (Wildman–Crippen LogP) is 0.167. The van der Waals surface area contributed by atoms with E-state index in [4.69, 9.17) is 10.8 Å². The van der Waals surface area contributed by atoms with Crippen LogP contribution in [0.2, 0.25) is 0 Å². The standard InChI is InChI=1S/C8H17NO2/c1-5(2)8(11)7(9)6(3)4-10/h5-7,10H,4,9H2,1-3H3. The van der Waals surface area contributed by atoms with Crippen LogP contribution in [0.5, 0.6) is 0 Å². The van der Waals surface area contributed by atoms with Crippen molar-refractivity contribution in [2.24, 2.45) is 17.6 Å². The second-order valence-corrected chi connectivity index (χ2v) is 3.24. The summed E-state index contributed by atoms with van der Waals surface area (Å²) in [4.78, 5) is 11.2. The van der Waals surface area contributed by atoms with E-state index in [2.05, 4.69) is 0 Å². The van der Waals surface area contributed by atoms with Crippen LogP contribution in [-0.2, 0) is 4.79 Å². The summed E-state index contributed by atoms with van der Waals surface area (Å²) in [6, 6.07) is -0.514. The Labute approximate surface area is 67.6 Å². The lowest BCUT2D eigenvalue weighted by Crippen LogP contribution is -2.40. The fourth-order valence-corrected chi connectivity index (χ4v) is 0.779. The highest BCUT2D eigenvalue weighted by atomic mass is 16.3. The summed E-state index contributed by atoms with van der Waals surface area (Å²) in [5, 5.41) is 8.70. The van der Waals surface area contributed by atoms with Crippen LogP contribution in [0.4, 0.5) is 0 Å². The highest BCUT2D eigenvalue weighted by Gasteiger charge is 2.21. The summed E-state index contributed by atoms with van der Waals surface area (Å²) in [5.74, 6) is -0.157. The molecule has 3 heteroatoms. The molecule has 0 bridgehead atoms. The number of carbonyl (C=O) groups excluding carboxylic acids is 1. The van der Waals surface area contributed by atoms with Gasteiger partial charge in [-0.05, 0) is 0 Å². The smallest absolute Gasteiger partial charge is 0.152 e. The SMILES string of the molecule is CC(C)C(=O)C(N)C(C)CO. The number of ketones is 1. The lowest BCUT2D eigenvalue weighted by Gasteiger charge is -2.17. The van der Waals surface area contributed by atoms with Crippen LogP contribution >= 0.6 is 0 Å². The highest BCUT2D eigenvalue weighted by Crippen LogP contribution is 2.06. The van der Waals surface area contributed by atoms with E-state index in [0.29, 0.717) is 0 Å². The number of hydrogen-bond donors (Lipinski definition) is 2. The third kappa shape index (κ3) is 2.99. The fourth-order valence-electron chi connectivity index (χ4n) is 0.779. The molecule has 0 heterocycles. The summed E-state index contributed by atoms with van der Waals surface area (Å²) in [6.07, 6.45) is 0. The number of rotatable bonds is 4. The van der Waals surface area contributed by atoms with Gasteiger partial charge in [0.1, 0.15) is 0 Å². The Bertz CT molecular complexity index is 134. The average molecular weight is 159 g/mol. The number of aliphatic hydroxyl groups is 1. The van der Waals surface area contributed by atoms with Gasteiger partial charge in [0.15, 0.2) is 5.78 Å². The minimum Gasteiger partial charge on any atom is -0.396 e. The van der Waals surface area contributed by atoms with Crippen LogP contribution in [0.25, 0.3) is 0 Å². The van der Waals surface area contributed by atoms with Crippen LogP contribution in [0.3, 0.4) is 0 Å². The predicted molar refractivity (Wildman–Crippen MR) is 44.1 cm³/mol. The molecule has 0 fully saturated rings. The molecule has 3 N–H and O–H groups in total. The summed E-state index contributed by atoms with van der Waals surface area (Å²) >= 11 is 0. The number of nitrogens with two attached hydrogens (primary N) is 1. The molecule has 0 aliphatic rings. The second-order valence-electron chi connectivity index (χ2n) is 3.24. The molecule has 0 spiro atoms. The van der Waals surface area contributed by atoms with Crippen LogP contribution in [-0.4, -0.2) is 23.5 Å². The van der Waals surface area contributed by atoms with Crippen LogP contribution in [0.1, 0.15) is 20.8 Å². The third-order valence-electron chi connectivity index (χ3n) is 1.80. The van der Waals surface area contributed by atoms with Crippen molar-refractivity contribution in [2.45, 2.75) is 26.8 Å². The zero-order valence-corrected chi connectivity index (χ0v) is 7.37. The Morgan fingerprint density at radius 3 is 2.18 bits per heavy atom. The van der Waals surface area contributed by atoms with Crippen molar-refractivity contribution in [2.75, 3.05) is 6.61 Å². The molecule has 0 aliphatic heterocycles. The number of aliphatic hydroxyl groups excluding tert-OH is 1. The molecule has 3 nitrogen and oxygen atoms in total. The first-order valence-corrected chi connectivity index (χ1v) is 3.90. The fraction of sp³-hybridized carbons (Fsp3) is 0.875. The van der Waals surface area contributed by atoms with Gasteiger partial charge in [0.25, 0.3) is 0 Å². The van der Waals surface area contributed by atoms with E-state index < -0.39 is 6.04 Å². The van der Waals surface area contributed by atoms with E-state index in [0.717, 1.165) is 0 Å². The molecule has 2 atom stereocenters. The minimum absolute atomic E-state index is 0.0200. The van der Waals surface area contributed by atoms with Gasteiger partial charge in [-0.1, -0.05) is 20.8 Å². The van der Waals surface area contributed by atoms with E-state index >= 15 is 0 Å². The summed E-state index contributed by atoms with van der Waals surface area (Å²) in [6.45, 7) is 5.36. The molecule has 0 aliphatic carbocycles. The molecular formula is C8H17NO2. The van der Waals surface area contributed by atoms with Gasteiger partial charge < -0.3 is 10.8 Å². The Morgan fingerprint density at radius 1 is 1.45 bits per heavy atom. The quantitative estimate of drug-likeness (QED) is 0.614. The molecular weight excluding hydrogens is 142 g/mol. The van der Waals surface area contributed by atoms with Gasteiger partial charge in [0.2, 0.25) is 0 Å². The van der Waals surface area contributed by atoms with Crippen LogP contribution < -0.4 is 5.73 Å². The first-order chi connectivity index (χ1) is 5.00. The van der Waals surface area contributed by atoms with Crippen molar-refractivity contribution in [3.63, 3.8) is 0 Å². The molecule has 0 amide bonds. The van der Waals surface area contributed by atoms with Crippen molar-refractivity contribution < 1.29 is 9.90 Å². The zero-order chi connectivity index (χ0) is 9.02. The molecule has 0 aromatic rings. The van der Waals surface area contributed by atoms with E-state index in [1.807, 2.05) is 13.8 Å². The molecule has 0 rings (SSSR count). The normalized spacial score (nSPS) is 16.5. The number of carbonyl (C=O) groups is 1. The van der Waals surface area contributed by atoms with Crippen molar-refractivity contribution in [3.8, 4) is 0 Å². The van der Waals surface area contributed by atoms with Crippen LogP contribution in [0.15, 0.2) is 0 Å². The molecule has 0 saturated heterocycles. The number of hydrogen-bond acceptors (Lipinski definition) is 3. The molecule has 0 aromatic carbocycles.